The molecular weight excluding hydrogens is 306 g/mol. The molecule has 2 aliphatic rings. The molecule has 1 aliphatic carbocycles. The van der Waals surface area contributed by atoms with Crippen LogP contribution in [0.3, 0.4) is 0 Å². The highest BCUT2D eigenvalue weighted by atomic mass is 16.5. The number of hydrogen-bond donors (Lipinski definition) is 0. The summed E-state index contributed by atoms with van der Waals surface area (Å²) in [6, 6.07) is 3.96. The SMILES string of the molecule is COc1cnc(N2CCC(COc3ccc(C4CC4)nn3)C2)nc1. The van der Waals surface area contributed by atoms with Crippen LogP contribution in [0.25, 0.3) is 0 Å². The molecule has 1 unspecified atom stereocenters. The Labute approximate surface area is 141 Å². The molecule has 0 amide bonds. The smallest absolute Gasteiger partial charge is 0.233 e. The number of hydrogen-bond acceptors (Lipinski definition) is 7. The molecule has 1 saturated carbocycles. The van der Waals surface area contributed by atoms with Gasteiger partial charge in [0.05, 0.1) is 31.8 Å². The van der Waals surface area contributed by atoms with E-state index in [0.717, 1.165) is 31.2 Å². The number of anilines is 1. The molecule has 126 valence electrons. The Morgan fingerprint density at radius 1 is 1.12 bits per heavy atom. The molecule has 24 heavy (non-hydrogen) atoms. The molecule has 2 aromatic rings. The summed E-state index contributed by atoms with van der Waals surface area (Å²) < 4.78 is 10.9. The van der Waals surface area contributed by atoms with Gasteiger partial charge in [0.15, 0.2) is 5.75 Å². The Morgan fingerprint density at radius 2 is 1.96 bits per heavy atom. The van der Waals surface area contributed by atoms with Crippen LogP contribution in [0.2, 0.25) is 0 Å². The van der Waals surface area contributed by atoms with E-state index in [0.29, 0.717) is 30.1 Å². The van der Waals surface area contributed by atoms with Gasteiger partial charge in [-0.3, -0.25) is 0 Å². The average molecular weight is 327 g/mol. The molecular formula is C17H21N5O2. The summed E-state index contributed by atoms with van der Waals surface area (Å²) in [5.41, 5.74) is 1.09. The first kappa shape index (κ1) is 15.1. The third kappa shape index (κ3) is 3.39. The fraction of sp³-hybridized carbons (Fsp3) is 0.529. The normalized spacial score (nSPS) is 20.2. The van der Waals surface area contributed by atoms with E-state index >= 15 is 0 Å². The van der Waals surface area contributed by atoms with Gasteiger partial charge in [0, 0.05) is 31.0 Å². The minimum atomic E-state index is 0.445. The fourth-order valence-electron chi connectivity index (χ4n) is 2.94. The van der Waals surface area contributed by atoms with Gasteiger partial charge in [-0.15, -0.1) is 5.10 Å². The van der Waals surface area contributed by atoms with Crippen molar-refractivity contribution in [3.8, 4) is 11.6 Å². The largest absolute Gasteiger partial charge is 0.494 e. The molecule has 3 heterocycles. The highest BCUT2D eigenvalue weighted by Crippen LogP contribution is 2.38. The lowest BCUT2D eigenvalue weighted by atomic mass is 10.1. The van der Waals surface area contributed by atoms with Crippen molar-refractivity contribution >= 4 is 5.95 Å². The lowest BCUT2D eigenvalue weighted by Crippen LogP contribution is -2.23. The number of methoxy groups -OCH3 is 1. The molecule has 0 radical (unpaired) electrons. The zero-order chi connectivity index (χ0) is 16.4. The fourth-order valence-corrected chi connectivity index (χ4v) is 2.94. The monoisotopic (exact) mass is 327 g/mol. The average Bonchev–Trinajstić information content (AvgIpc) is 3.38. The van der Waals surface area contributed by atoms with Crippen molar-refractivity contribution in [2.45, 2.75) is 25.2 Å². The summed E-state index contributed by atoms with van der Waals surface area (Å²) in [4.78, 5) is 10.9. The second kappa shape index (κ2) is 6.59. The maximum absolute atomic E-state index is 5.80. The van der Waals surface area contributed by atoms with Gasteiger partial charge >= 0.3 is 0 Å². The van der Waals surface area contributed by atoms with E-state index in [9.17, 15) is 0 Å². The third-order valence-electron chi connectivity index (χ3n) is 4.54. The maximum Gasteiger partial charge on any atom is 0.233 e. The molecule has 0 bridgehead atoms. The van der Waals surface area contributed by atoms with Crippen LogP contribution in [0.1, 0.15) is 30.9 Å². The molecule has 0 aromatic carbocycles. The first-order valence-electron chi connectivity index (χ1n) is 8.39. The molecule has 2 fully saturated rings. The lowest BCUT2D eigenvalue weighted by molar-refractivity contribution is 0.249. The van der Waals surface area contributed by atoms with E-state index in [4.69, 9.17) is 9.47 Å². The van der Waals surface area contributed by atoms with Crippen molar-refractivity contribution in [3.63, 3.8) is 0 Å². The molecule has 2 aromatic heterocycles. The van der Waals surface area contributed by atoms with Crippen LogP contribution in [-0.2, 0) is 0 Å². The number of rotatable bonds is 6. The molecule has 0 N–H and O–H groups in total. The minimum Gasteiger partial charge on any atom is -0.494 e. The van der Waals surface area contributed by atoms with Crippen molar-refractivity contribution in [2.24, 2.45) is 5.92 Å². The number of aromatic nitrogens is 4. The van der Waals surface area contributed by atoms with E-state index in [-0.39, 0.29) is 0 Å². The van der Waals surface area contributed by atoms with E-state index in [2.05, 4.69) is 25.1 Å². The van der Waals surface area contributed by atoms with Crippen LogP contribution in [0, 0.1) is 5.92 Å². The van der Waals surface area contributed by atoms with Gasteiger partial charge in [0.25, 0.3) is 0 Å². The molecule has 4 rings (SSSR count). The van der Waals surface area contributed by atoms with E-state index in [1.807, 2.05) is 12.1 Å². The van der Waals surface area contributed by atoms with E-state index in [1.165, 1.54) is 12.8 Å². The van der Waals surface area contributed by atoms with Gasteiger partial charge in [0.2, 0.25) is 11.8 Å². The van der Waals surface area contributed by atoms with Crippen molar-refractivity contribution in [1.29, 1.82) is 0 Å². The zero-order valence-corrected chi connectivity index (χ0v) is 13.8. The van der Waals surface area contributed by atoms with Crippen LogP contribution >= 0.6 is 0 Å². The Hall–Kier alpha value is -2.44. The molecule has 1 saturated heterocycles. The van der Waals surface area contributed by atoms with Crippen molar-refractivity contribution in [2.75, 3.05) is 31.7 Å². The topological polar surface area (TPSA) is 73.3 Å². The van der Waals surface area contributed by atoms with Crippen molar-refractivity contribution in [1.82, 2.24) is 20.2 Å². The molecule has 0 spiro atoms. The van der Waals surface area contributed by atoms with Gasteiger partial charge in [-0.25, -0.2) is 9.97 Å². The van der Waals surface area contributed by atoms with Crippen molar-refractivity contribution in [3.05, 3.63) is 30.2 Å². The summed E-state index contributed by atoms with van der Waals surface area (Å²) in [6.45, 7) is 2.47. The Balaban J connectivity index is 1.28. The highest BCUT2D eigenvalue weighted by molar-refractivity contribution is 5.33. The van der Waals surface area contributed by atoms with Crippen LogP contribution in [-0.4, -0.2) is 47.0 Å². The summed E-state index contributed by atoms with van der Waals surface area (Å²) >= 11 is 0. The van der Waals surface area contributed by atoms with Crippen molar-refractivity contribution < 1.29 is 9.47 Å². The van der Waals surface area contributed by atoms with Crippen LogP contribution < -0.4 is 14.4 Å². The Kier molecular flexibility index (Phi) is 4.15. The minimum absolute atomic E-state index is 0.445. The maximum atomic E-state index is 5.80. The Morgan fingerprint density at radius 3 is 2.62 bits per heavy atom. The standard InChI is InChI=1S/C17H21N5O2/c1-23-14-8-18-17(19-9-14)22-7-6-12(10-22)11-24-16-5-4-15(20-21-16)13-2-3-13/h4-5,8-9,12-13H,2-3,6-7,10-11H2,1H3. The zero-order valence-electron chi connectivity index (χ0n) is 13.8. The second-order valence-electron chi connectivity index (χ2n) is 6.41. The van der Waals surface area contributed by atoms with Gasteiger partial charge in [-0.05, 0) is 25.3 Å². The quantitative estimate of drug-likeness (QED) is 0.804. The van der Waals surface area contributed by atoms with Crippen LogP contribution in [0.5, 0.6) is 11.6 Å². The molecule has 1 atom stereocenters. The van der Waals surface area contributed by atoms with Gasteiger partial charge < -0.3 is 14.4 Å². The summed E-state index contributed by atoms with van der Waals surface area (Å²) in [6.07, 6.45) is 6.93. The summed E-state index contributed by atoms with van der Waals surface area (Å²) in [7, 11) is 1.61. The van der Waals surface area contributed by atoms with E-state index < -0.39 is 0 Å². The molecule has 1 aliphatic heterocycles. The van der Waals surface area contributed by atoms with Gasteiger partial charge in [0.1, 0.15) is 0 Å². The summed E-state index contributed by atoms with van der Waals surface area (Å²) in [5, 5.41) is 8.42. The predicted octanol–water partition coefficient (Wildman–Crippen LogP) is 2.06. The first-order chi connectivity index (χ1) is 11.8. The Bertz CT molecular complexity index is 672. The number of nitrogens with zero attached hydrogens (tertiary/aromatic N) is 5. The predicted molar refractivity (Wildman–Crippen MR) is 88.4 cm³/mol. The highest BCUT2D eigenvalue weighted by Gasteiger charge is 2.26. The third-order valence-corrected chi connectivity index (χ3v) is 4.54. The summed E-state index contributed by atoms with van der Waals surface area (Å²) in [5.74, 6) is 3.09. The van der Waals surface area contributed by atoms with Gasteiger partial charge in [-0.1, -0.05) is 0 Å². The number of ether oxygens (including phenoxy) is 2. The molecule has 7 heteroatoms. The lowest BCUT2D eigenvalue weighted by Gasteiger charge is -2.16. The molecule has 7 nitrogen and oxygen atoms in total. The first-order valence-corrected chi connectivity index (χ1v) is 8.39. The second-order valence-corrected chi connectivity index (χ2v) is 6.41. The van der Waals surface area contributed by atoms with Gasteiger partial charge in [-0.2, -0.15) is 5.10 Å². The van der Waals surface area contributed by atoms with Crippen LogP contribution in [0.15, 0.2) is 24.5 Å². The van der Waals surface area contributed by atoms with Crippen LogP contribution in [0.4, 0.5) is 5.95 Å². The van der Waals surface area contributed by atoms with E-state index in [1.54, 1.807) is 19.5 Å².